The topological polar surface area (TPSA) is 23.6 Å². The van der Waals surface area contributed by atoms with Crippen LogP contribution >= 0.6 is 0 Å². The minimum Gasteiger partial charge on any atom is -0.273 e. The molecule has 0 aromatic heterocycles. The zero-order valence-corrected chi connectivity index (χ0v) is 11.5. The van der Waals surface area contributed by atoms with Gasteiger partial charge in [0.05, 0.1) is 11.5 Å². The lowest BCUT2D eigenvalue weighted by Crippen LogP contribution is -2.36. The van der Waals surface area contributed by atoms with Gasteiger partial charge < -0.3 is 0 Å². The zero-order valence-electron chi connectivity index (χ0n) is 11.5. The van der Waals surface area contributed by atoms with E-state index < -0.39 is 5.41 Å². The monoisotopic (exact) mass is 272 g/mol. The van der Waals surface area contributed by atoms with Crippen molar-refractivity contribution in [2.75, 3.05) is 13.1 Å². The fourth-order valence-electron chi connectivity index (χ4n) is 3.25. The molecule has 1 amide bonds. The number of hydrogen-bond acceptors (Lipinski definition) is 2. The van der Waals surface area contributed by atoms with Gasteiger partial charge in [0.25, 0.3) is 0 Å². The van der Waals surface area contributed by atoms with Crippen molar-refractivity contribution in [3.63, 3.8) is 0 Å². The van der Waals surface area contributed by atoms with Gasteiger partial charge in [0, 0.05) is 19.5 Å². The van der Waals surface area contributed by atoms with Gasteiger partial charge in [-0.3, -0.25) is 9.80 Å². The number of hydrazine groups is 1. The number of fused-ring (bicyclic) bond motifs is 1. The highest BCUT2D eigenvalue weighted by atomic mass is 19.1. The maximum absolute atomic E-state index is 13.4. The number of carbonyl (C=O) groups is 1. The molecule has 0 bridgehead atoms. The molecule has 3 nitrogen and oxygen atoms in total. The van der Waals surface area contributed by atoms with Crippen LogP contribution in [0.15, 0.2) is 24.3 Å². The normalized spacial score (nSPS) is 29.6. The van der Waals surface area contributed by atoms with Crippen LogP contribution in [0.4, 0.5) is 4.39 Å². The van der Waals surface area contributed by atoms with Crippen molar-refractivity contribution >= 4 is 5.91 Å². The van der Waals surface area contributed by atoms with Crippen LogP contribution in [0.25, 0.3) is 0 Å². The van der Waals surface area contributed by atoms with Crippen molar-refractivity contribution < 1.29 is 9.18 Å². The molecule has 0 saturated carbocycles. The summed E-state index contributed by atoms with van der Waals surface area (Å²) in [7, 11) is 0. The van der Waals surface area contributed by atoms with Crippen molar-refractivity contribution in [1.29, 1.82) is 0 Å². The molecule has 0 aliphatic carbocycles. The van der Waals surface area contributed by atoms with E-state index in [9.17, 15) is 9.18 Å². The minimum absolute atomic E-state index is 0.0576. The van der Waals surface area contributed by atoms with Crippen LogP contribution in [0.3, 0.4) is 0 Å². The summed E-state index contributed by atoms with van der Waals surface area (Å²) in [5.74, 6) is 2.39. The summed E-state index contributed by atoms with van der Waals surface area (Å²) in [6.07, 6.45) is 6.66. The quantitative estimate of drug-likeness (QED) is 0.772. The molecule has 104 valence electrons. The molecular formula is C16H17FN2O. The summed E-state index contributed by atoms with van der Waals surface area (Å²) >= 11 is 0. The average molecular weight is 272 g/mol. The molecule has 2 aliphatic heterocycles. The largest absolute Gasteiger partial charge is 0.273 e. The molecule has 2 aliphatic rings. The van der Waals surface area contributed by atoms with E-state index in [-0.39, 0.29) is 17.8 Å². The van der Waals surface area contributed by atoms with E-state index >= 15 is 0 Å². The van der Waals surface area contributed by atoms with Crippen molar-refractivity contribution in [3.05, 3.63) is 35.6 Å². The van der Waals surface area contributed by atoms with Crippen molar-refractivity contribution in [2.24, 2.45) is 5.41 Å². The second kappa shape index (κ2) is 4.60. The second-order valence-corrected chi connectivity index (χ2v) is 5.84. The summed E-state index contributed by atoms with van der Waals surface area (Å²) in [6.45, 7) is 3.38. The molecule has 0 spiro atoms. The van der Waals surface area contributed by atoms with Gasteiger partial charge in [-0.15, -0.1) is 12.3 Å². The van der Waals surface area contributed by atoms with Gasteiger partial charge >= 0.3 is 0 Å². The van der Waals surface area contributed by atoms with Gasteiger partial charge in [-0.25, -0.2) is 9.40 Å². The summed E-state index contributed by atoms with van der Waals surface area (Å²) < 4.78 is 13.4. The molecule has 4 heteroatoms. The molecule has 0 unspecified atom stereocenters. The number of benzene rings is 1. The zero-order chi connectivity index (χ0) is 14.3. The Hall–Kier alpha value is -1.86. The van der Waals surface area contributed by atoms with E-state index in [2.05, 4.69) is 10.9 Å². The summed E-state index contributed by atoms with van der Waals surface area (Å²) in [4.78, 5) is 12.7. The summed E-state index contributed by atoms with van der Waals surface area (Å²) in [6, 6.07) is 6.43. The number of rotatable bonds is 2. The highest BCUT2D eigenvalue weighted by Gasteiger charge is 2.52. The molecule has 2 atom stereocenters. The number of nitrogens with zero attached hydrogens (tertiary/aromatic N) is 2. The van der Waals surface area contributed by atoms with Gasteiger partial charge in [0.1, 0.15) is 5.82 Å². The Morgan fingerprint density at radius 1 is 1.55 bits per heavy atom. The smallest absolute Gasteiger partial charge is 0.245 e. The molecule has 0 N–H and O–H groups in total. The van der Waals surface area contributed by atoms with Gasteiger partial charge in [-0.1, -0.05) is 12.1 Å². The molecule has 2 saturated heterocycles. The number of hydrogen-bond donors (Lipinski definition) is 0. The van der Waals surface area contributed by atoms with Gasteiger partial charge in [-0.05, 0) is 31.0 Å². The number of halogens is 1. The third-order valence-corrected chi connectivity index (χ3v) is 4.24. The molecule has 1 aromatic carbocycles. The average Bonchev–Trinajstić information content (AvgIpc) is 2.90. The Balaban J connectivity index is 1.91. The van der Waals surface area contributed by atoms with E-state index in [0.29, 0.717) is 13.0 Å². The number of carbonyl (C=O) groups excluding carboxylic acids is 1. The lowest BCUT2D eigenvalue weighted by Gasteiger charge is -2.26. The van der Waals surface area contributed by atoms with E-state index in [1.54, 1.807) is 11.1 Å². The van der Waals surface area contributed by atoms with Crippen LogP contribution < -0.4 is 0 Å². The fourth-order valence-corrected chi connectivity index (χ4v) is 3.25. The van der Waals surface area contributed by atoms with Gasteiger partial charge in [0.15, 0.2) is 0 Å². The van der Waals surface area contributed by atoms with E-state index in [1.165, 1.54) is 12.1 Å². The molecule has 1 aromatic rings. The molecule has 2 fully saturated rings. The molecular weight excluding hydrogens is 255 g/mol. The maximum Gasteiger partial charge on any atom is 0.245 e. The first-order valence-electron chi connectivity index (χ1n) is 6.82. The van der Waals surface area contributed by atoms with Crippen molar-refractivity contribution in [2.45, 2.75) is 25.8 Å². The Labute approximate surface area is 118 Å². The van der Waals surface area contributed by atoms with Crippen LogP contribution in [0, 0.1) is 23.6 Å². The molecule has 3 rings (SSSR count). The number of terminal acetylenes is 1. The predicted octanol–water partition coefficient (Wildman–Crippen LogP) is 2.36. The minimum atomic E-state index is -0.513. The summed E-state index contributed by atoms with van der Waals surface area (Å²) in [5.41, 5.74) is 0.339. The van der Waals surface area contributed by atoms with Crippen LogP contribution in [0.2, 0.25) is 0 Å². The predicted molar refractivity (Wildman–Crippen MR) is 73.7 cm³/mol. The first-order chi connectivity index (χ1) is 9.55. The highest BCUT2D eigenvalue weighted by molar-refractivity contribution is 5.85. The third-order valence-electron chi connectivity index (χ3n) is 4.24. The Morgan fingerprint density at radius 3 is 3.05 bits per heavy atom. The van der Waals surface area contributed by atoms with E-state index in [0.717, 1.165) is 18.5 Å². The van der Waals surface area contributed by atoms with Crippen LogP contribution in [-0.2, 0) is 4.79 Å². The van der Waals surface area contributed by atoms with Crippen molar-refractivity contribution in [1.82, 2.24) is 10.0 Å². The first-order valence-corrected chi connectivity index (χ1v) is 6.82. The molecule has 20 heavy (non-hydrogen) atoms. The van der Waals surface area contributed by atoms with Gasteiger partial charge in [-0.2, -0.15) is 0 Å². The van der Waals surface area contributed by atoms with Crippen molar-refractivity contribution in [3.8, 4) is 12.3 Å². The molecule has 0 radical (unpaired) electrons. The molecule has 2 heterocycles. The van der Waals surface area contributed by atoms with E-state index in [4.69, 9.17) is 6.42 Å². The SMILES string of the molecule is C#CC[C@]1(C)CN2CC[C@@H](c3cccc(F)c3)N2C1=O. The van der Waals surface area contributed by atoms with Crippen LogP contribution in [-0.4, -0.2) is 29.0 Å². The Morgan fingerprint density at radius 2 is 2.35 bits per heavy atom. The lowest BCUT2D eigenvalue weighted by atomic mass is 9.86. The number of amides is 1. The second-order valence-electron chi connectivity index (χ2n) is 5.84. The lowest BCUT2D eigenvalue weighted by molar-refractivity contribution is -0.142. The van der Waals surface area contributed by atoms with Crippen LogP contribution in [0.1, 0.15) is 31.4 Å². The maximum atomic E-state index is 13.4. The highest BCUT2D eigenvalue weighted by Crippen LogP contribution is 2.43. The fraction of sp³-hybridized carbons (Fsp3) is 0.438. The Bertz CT molecular complexity index is 594. The Kier molecular flexibility index (Phi) is 3.02. The first kappa shape index (κ1) is 13.1. The standard InChI is InChI=1S/C16H17FN2O/c1-3-8-16(2)11-18-9-7-14(19(18)15(16)20)12-5-4-6-13(17)10-12/h1,4-6,10,14H,7-9,11H2,2H3/t14-,16+/m0/s1. The van der Waals surface area contributed by atoms with E-state index in [1.807, 2.05) is 13.0 Å². The van der Waals surface area contributed by atoms with Gasteiger partial charge in [0.2, 0.25) is 5.91 Å². The summed E-state index contributed by atoms with van der Waals surface area (Å²) in [5, 5.41) is 3.83. The third kappa shape index (κ3) is 1.90. The van der Waals surface area contributed by atoms with Crippen LogP contribution in [0.5, 0.6) is 0 Å².